The van der Waals surface area contributed by atoms with Gasteiger partial charge in [0.1, 0.15) is 0 Å². The maximum Gasteiger partial charge on any atom is 0.236 e. The molecule has 1 aliphatic rings. The zero-order valence-electron chi connectivity index (χ0n) is 11.3. The van der Waals surface area contributed by atoms with E-state index in [-0.39, 0.29) is 24.9 Å². The van der Waals surface area contributed by atoms with Crippen molar-refractivity contribution in [2.45, 2.75) is 39.0 Å². The summed E-state index contributed by atoms with van der Waals surface area (Å²) in [5.41, 5.74) is 0. The van der Waals surface area contributed by atoms with Crippen molar-refractivity contribution in [2.24, 2.45) is 0 Å². The van der Waals surface area contributed by atoms with E-state index in [1.807, 2.05) is 4.90 Å². The Morgan fingerprint density at radius 3 is 2.50 bits per heavy atom. The Morgan fingerprint density at radius 2 is 1.83 bits per heavy atom. The maximum absolute atomic E-state index is 11.8. The van der Waals surface area contributed by atoms with Crippen LogP contribution in [0.25, 0.3) is 0 Å². The highest BCUT2D eigenvalue weighted by molar-refractivity contribution is 5.81. The first-order valence-electron chi connectivity index (χ1n) is 6.99. The van der Waals surface area contributed by atoms with Crippen LogP contribution in [0.4, 0.5) is 0 Å². The van der Waals surface area contributed by atoms with E-state index < -0.39 is 0 Å². The second kappa shape index (κ2) is 8.91. The molecule has 5 nitrogen and oxygen atoms in total. The Hall–Kier alpha value is -1.10. The molecule has 1 saturated heterocycles. The molecule has 0 spiro atoms. The third-order valence-corrected chi connectivity index (χ3v) is 3.12. The minimum absolute atomic E-state index is 0.0325. The largest absolute Gasteiger partial charge is 0.355 e. The van der Waals surface area contributed by atoms with Crippen LogP contribution in [0, 0.1) is 0 Å². The number of piperidine rings is 1. The normalized spacial score (nSPS) is 15.5. The van der Waals surface area contributed by atoms with E-state index in [0.717, 1.165) is 45.3 Å². The van der Waals surface area contributed by atoms with E-state index in [2.05, 4.69) is 17.6 Å². The molecule has 5 heteroatoms. The van der Waals surface area contributed by atoms with E-state index in [9.17, 15) is 9.59 Å². The number of hydrogen-bond acceptors (Lipinski definition) is 3. The summed E-state index contributed by atoms with van der Waals surface area (Å²) in [4.78, 5) is 25.0. The molecule has 0 aliphatic carbocycles. The van der Waals surface area contributed by atoms with E-state index in [4.69, 9.17) is 0 Å². The second-order valence-corrected chi connectivity index (χ2v) is 4.75. The molecule has 0 aromatic carbocycles. The highest BCUT2D eigenvalue weighted by Crippen LogP contribution is 2.07. The number of hydrogen-bond donors (Lipinski definition) is 2. The Morgan fingerprint density at radius 1 is 1.11 bits per heavy atom. The van der Waals surface area contributed by atoms with E-state index in [1.54, 1.807) is 0 Å². The lowest BCUT2D eigenvalue weighted by atomic mass is 10.1. The molecule has 18 heavy (non-hydrogen) atoms. The summed E-state index contributed by atoms with van der Waals surface area (Å²) in [6.45, 7) is 5.02. The van der Waals surface area contributed by atoms with Gasteiger partial charge in [-0.3, -0.25) is 14.9 Å². The number of carbonyl (C=O) groups excluding carboxylic acids is 2. The molecule has 0 aromatic heterocycles. The van der Waals surface area contributed by atoms with Gasteiger partial charge >= 0.3 is 0 Å². The zero-order chi connectivity index (χ0) is 13.2. The van der Waals surface area contributed by atoms with E-state index >= 15 is 0 Å². The van der Waals surface area contributed by atoms with Gasteiger partial charge in [0.05, 0.1) is 13.1 Å². The van der Waals surface area contributed by atoms with Crippen LogP contribution in [-0.4, -0.2) is 49.4 Å². The topological polar surface area (TPSA) is 61.4 Å². The lowest BCUT2D eigenvalue weighted by Crippen LogP contribution is -2.43. The molecule has 0 atom stereocenters. The highest BCUT2D eigenvalue weighted by atomic mass is 16.2. The summed E-state index contributed by atoms with van der Waals surface area (Å²) < 4.78 is 0. The molecule has 1 heterocycles. The number of carbonyl (C=O) groups is 2. The van der Waals surface area contributed by atoms with Crippen LogP contribution < -0.4 is 10.6 Å². The van der Waals surface area contributed by atoms with Crippen molar-refractivity contribution in [1.82, 2.24) is 15.5 Å². The molecule has 104 valence electrons. The van der Waals surface area contributed by atoms with E-state index in [0.29, 0.717) is 0 Å². The molecular formula is C13H25N3O2. The predicted molar refractivity (Wildman–Crippen MR) is 71.2 cm³/mol. The Labute approximate surface area is 109 Å². The summed E-state index contributed by atoms with van der Waals surface area (Å²) in [6, 6.07) is 0. The van der Waals surface area contributed by atoms with Gasteiger partial charge in [-0.15, -0.1) is 0 Å². The monoisotopic (exact) mass is 255 g/mol. The molecular weight excluding hydrogens is 230 g/mol. The molecule has 2 N–H and O–H groups in total. The van der Waals surface area contributed by atoms with E-state index in [1.165, 1.54) is 6.42 Å². The third kappa shape index (κ3) is 6.00. The van der Waals surface area contributed by atoms with Gasteiger partial charge in [0.2, 0.25) is 11.8 Å². The molecule has 2 amide bonds. The van der Waals surface area contributed by atoms with Gasteiger partial charge in [-0.25, -0.2) is 0 Å². The maximum atomic E-state index is 11.8. The number of rotatable bonds is 7. The summed E-state index contributed by atoms with van der Waals surface area (Å²) in [7, 11) is 0. The Kier molecular flexibility index (Phi) is 7.41. The van der Waals surface area contributed by atoms with Crippen molar-refractivity contribution in [3.63, 3.8) is 0 Å². The number of unbranched alkanes of at least 4 members (excludes halogenated alkanes) is 1. The van der Waals surface area contributed by atoms with Gasteiger partial charge in [0.15, 0.2) is 0 Å². The van der Waals surface area contributed by atoms with Crippen LogP contribution in [0.15, 0.2) is 0 Å². The molecule has 1 rings (SSSR count). The molecule has 1 fully saturated rings. The van der Waals surface area contributed by atoms with Crippen molar-refractivity contribution in [3.8, 4) is 0 Å². The molecule has 0 saturated carbocycles. The second-order valence-electron chi connectivity index (χ2n) is 4.75. The number of likely N-dealkylation sites (tertiary alicyclic amines) is 1. The van der Waals surface area contributed by atoms with Gasteiger partial charge in [-0.2, -0.15) is 0 Å². The quantitative estimate of drug-likeness (QED) is 0.651. The minimum atomic E-state index is -0.0325. The molecule has 0 aromatic rings. The average molecular weight is 255 g/mol. The smallest absolute Gasteiger partial charge is 0.236 e. The van der Waals surface area contributed by atoms with Gasteiger partial charge in [-0.1, -0.05) is 13.3 Å². The van der Waals surface area contributed by atoms with Crippen LogP contribution in [0.3, 0.4) is 0 Å². The van der Waals surface area contributed by atoms with Crippen molar-refractivity contribution in [1.29, 1.82) is 0 Å². The SMILES string of the molecule is CCCCNC(=O)CNCC(=O)N1CCCCC1. The van der Waals surface area contributed by atoms with Crippen LogP contribution in [0.5, 0.6) is 0 Å². The summed E-state index contributed by atoms with van der Waals surface area (Å²) >= 11 is 0. The number of nitrogens with zero attached hydrogens (tertiary/aromatic N) is 1. The van der Waals surface area contributed by atoms with Crippen molar-refractivity contribution < 1.29 is 9.59 Å². The third-order valence-electron chi connectivity index (χ3n) is 3.12. The van der Waals surface area contributed by atoms with Crippen LogP contribution in [0.1, 0.15) is 39.0 Å². The summed E-state index contributed by atoms with van der Waals surface area (Å²) in [6.07, 6.45) is 5.49. The number of amides is 2. The molecule has 1 aliphatic heterocycles. The lowest BCUT2D eigenvalue weighted by molar-refractivity contribution is -0.131. The zero-order valence-corrected chi connectivity index (χ0v) is 11.3. The van der Waals surface area contributed by atoms with Crippen LogP contribution >= 0.6 is 0 Å². The van der Waals surface area contributed by atoms with Crippen molar-refractivity contribution >= 4 is 11.8 Å². The van der Waals surface area contributed by atoms with Crippen LogP contribution in [-0.2, 0) is 9.59 Å². The molecule has 0 radical (unpaired) electrons. The van der Waals surface area contributed by atoms with Crippen molar-refractivity contribution in [2.75, 3.05) is 32.7 Å². The van der Waals surface area contributed by atoms with Crippen molar-refractivity contribution in [3.05, 3.63) is 0 Å². The fraction of sp³-hybridized carbons (Fsp3) is 0.846. The predicted octanol–water partition coefficient (Wildman–Crippen LogP) is 0.505. The van der Waals surface area contributed by atoms with Gasteiger partial charge in [0.25, 0.3) is 0 Å². The first-order valence-corrected chi connectivity index (χ1v) is 6.99. The summed E-state index contributed by atoms with van der Waals surface area (Å²) in [5.74, 6) is 0.0750. The molecule has 0 bridgehead atoms. The van der Waals surface area contributed by atoms with Crippen LogP contribution in [0.2, 0.25) is 0 Å². The fourth-order valence-corrected chi connectivity index (χ4v) is 2.01. The first-order chi connectivity index (χ1) is 8.74. The summed E-state index contributed by atoms with van der Waals surface area (Å²) in [5, 5.41) is 5.72. The standard InChI is InChI=1S/C13H25N3O2/c1-2-3-7-15-12(17)10-14-11-13(18)16-8-5-4-6-9-16/h14H,2-11H2,1H3,(H,15,17). The highest BCUT2D eigenvalue weighted by Gasteiger charge is 2.15. The molecule has 0 unspecified atom stereocenters. The Bertz CT molecular complexity index is 263. The van der Waals surface area contributed by atoms with Gasteiger partial charge < -0.3 is 10.2 Å². The van der Waals surface area contributed by atoms with Gasteiger partial charge in [0, 0.05) is 19.6 Å². The average Bonchev–Trinajstić information content (AvgIpc) is 2.40. The Balaban J connectivity index is 2.05. The fourth-order valence-electron chi connectivity index (χ4n) is 2.01. The number of nitrogens with one attached hydrogen (secondary N) is 2. The first kappa shape index (κ1) is 15.0. The lowest BCUT2D eigenvalue weighted by Gasteiger charge is -2.26. The minimum Gasteiger partial charge on any atom is -0.355 e. The van der Waals surface area contributed by atoms with Gasteiger partial charge in [-0.05, 0) is 25.7 Å².